The van der Waals surface area contributed by atoms with E-state index in [1.807, 2.05) is 0 Å². The lowest BCUT2D eigenvalue weighted by atomic mass is 10.0. The molecule has 0 radical (unpaired) electrons. The van der Waals surface area contributed by atoms with Crippen molar-refractivity contribution in [1.82, 2.24) is 0 Å². The largest absolute Gasteiger partial charge is 0.493 e. The molecular weight excluding hydrogens is 214 g/mol. The predicted molar refractivity (Wildman–Crippen MR) is 55.7 cm³/mol. The molecule has 2 nitrogen and oxygen atoms in total. The summed E-state index contributed by atoms with van der Waals surface area (Å²) in [5, 5.41) is 9.78. The third-order valence-electron chi connectivity index (χ3n) is 2.89. The molecule has 1 aromatic carbocycles. The van der Waals surface area contributed by atoms with Crippen molar-refractivity contribution < 1.29 is 18.6 Å². The minimum atomic E-state index is -0.741. The van der Waals surface area contributed by atoms with Crippen molar-refractivity contribution in [2.24, 2.45) is 0 Å². The highest BCUT2D eigenvalue weighted by molar-refractivity contribution is 5.40. The van der Waals surface area contributed by atoms with Crippen LogP contribution in [0.25, 0.3) is 0 Å². The zero-order chi connectivity index (χ0) is 11.8. The summed E-state index contributed by atoms with van der Waals surface area (Å²) in [7, 11) is 1.37. The normalized spacial score (nSPS) is 17.2. The maximum Gasteiger partial charge on any atom is 0.165 e. The van der Waals surface area contributed by atoms with Crippen molar-refractivity contribution in [3.8, 4) is 5.75 Å². The van der Waals surface area contributed by atoms with Crippen molar-refractivity contribution >= 4 is 0 Å². The van der Waals surface area contributed by atoms with E-state index in [1.54, 1.807) is 6.07 Å². The zero-order valence-corrected chi connectivity index (χ0v) is 9.09. The second-order valence-electron chi connectivity index (χ2n) is 4.30. The van der Waals surface area contributed by atoms with E-state index in [0.29, 0.717) is 24.8 Å². The Labute approximate surface area is 92.9 Å². The van der Waals surface area contributed by atoms with Crippen LogP contribution in [-0.4, -0.2) is 17.8 Å². The molecule has 1 aromatic rings. The average Bonchev–Trinajstić information content (AvgIpc) is 2.95. The van der Waals surface area contributed by atoms with Gasteiger partial charge >= 0.3 is 0 Å². The molecule has 0 aliphatic heterocycles. The van der Waals surface area contributed by atoms with E-state index in [1.165, 1.54) is 7.11 Å². The molecule has 0 saturated heterocycles. The molecule has 0 heterocycles. The van der Waals surface area contributed by atoms with Gasteiger partial charge in [-0.25, -0.2) is 8.78 Å². The van der Waals surface area contributed by atoms with Gasteiger partial charge in [-0.1, -0.05) is 0 Å². The van der Waals surface area contributed by atoms with Gasteiger partial charge < -0.3 is 9.84 Å². The maximum absolute atomic E-state index is 13.5. The van der Waals surface area contributed by atoms with Gasteiger partial charge in [-0.15, -0.1) is 0 Å². The van der Waals surface area contributed by atoms with Crippen molar-refractivity contribution in [2.75, 3.05) is 7.11 Å². The van der Waals surface area contributed by atoms with Crippen LogP contribution in [0.3, 0.4) is 0 Å². The summed E-state index contributed by atoms with van der Waals surface area (Å²) in [4.78, 5) is 0. The zero-order valence-electron chi connectivity index (χ0n) is 9.09. The van der Waals surface area contributed by atoms with Crippen LogP contribution in [0.1, 0.15) is 24.0 Å². The van der Waals surface area contributed by atoms with Gasteiger partial charge in [-0.3, -0.25) is 0 Å². The maximum atomic E-state index is 13.5. The highest BCUT2D eigenvalue weighted by Gasteiger charge is 2.41. The van der Waals surface area contributed by atoms with E-state index in [0.717, 1.165) is 6.07 Å². The highest BCUT2D eigenvalue weighted by atomic mass is 19.1. The fourth-order valence-corrected chi connectivity index (χ4v) is 1.83. The van der Waals surface area contributed by atoms with E-state index in [4.69, 9.17) is 4.74 Å². The summed E-state index contributed by atoms with van der Waals surface area (Å²) in [6, 6.07) is 2.68. The molecule has 1 fully saturated rings. The van der Waals surface area contributed by atoms with Gasteiger partial charge in [-0.05, 0) is 30.5 Å². The Morgan fingerprint density at radius 3 is 2.62 bits per heavy atom. The Morgan fingerprint density at radius 2 is 2.12 bits per heavy atom. The Hall–Kier alpha value is -1.16. The van der Waals surface area contributed by atoms with Crippen LogP contribution >= 0.6 is 0 Å². The quantitative estimate of drug-likeness (QED) is 0.857. The van der Waals surface area contributed by atoms with E-state index in [2.05, 4.69) is 0 Å². The third-order valence-corrected chi connectivity index (χ3v) is 2.89. The molecule has 1 saturated carbocycles. The third kappa shape index (κ3) is 2.16. The Balaban J connectivity index is 2.35. The van der Waals surface area contributed by atoms with Crippen LogP contribution in [0.5, 0.6) is 5.75 Å². The van der Waals surface area contributed by atoms with Crippen LogP contribution < -0.4 is 4.74 Å². The SMILES string of the molecule is COc1c(F)cc(CF)cc1CC1(O)CC1. The van der Waals surface area contributed by atoms with E-state index in [-0.39, 0.29) is 11.3 Å². The molecule has 1 aliphatic rings. The van der Waals surface area contributed by atoms with Crippen molar-refractivity contribution in [2.45, 2.75) is 31.5 Å². The molecule has 16 heavy (non-hydrogen) atoms. The van der Waals surface area contributed by atoms with Crippen LogP contribution in [0, 0.1) is 5.82 Å². The first kappa shape index (κ1) is 11.3. The van der Waals surface area contributed by atoms with Gasteiger partial charge in [0.05, 0.1) is 12.7 Å². The fraction of sp³-hybridized carbons (Fsp3) is 0.500. The minimum absolute atomic E-state index is 0.109. The lowest BCUT2D eigenvalue weighted by Crippen LogP contribution is -2.12. The lowest BCUT2D eigenvalue weighted by Gasteiger charge is -2.13. The number of hydrogen-bond donors (Lipinski definition) is 1. The molecule has 0 aromatic heterocycles. The summed E-state index contributed by atoms with van der Waals surface area (Å²) < 4.78 is 31.0. The molecule has 88 valence electrons. The molecule has 4 heteroatoms. The molecule has 0 unspecified atom stereocenters. The van der Waals surface area contributed by atoms with Crippen LogP contribution in [0.4, 0.5) is 8.78 Å². The molecule has 2 rings (SSSR count). The molecule has 0 bridgehead atoms. The smallest absolute Gasteiger partial charge is 0.165 e. The summed E-state index contributed by atoms with van der Waals surface area (Å²) in [5.74, 6) is -0.463. The standard InChI is InChI=1S/C12H14F2O2/c1-16-11-9(6-12(15)2-3-12)4-8(7-13)5-10(11)14/h4-5,15H,2-3,6-7H2,1H3. The van der Waals surface area contributed by atoms with Gasteiger partial charge in [0, 0.05) is 12.0 Å². The fourth-order valence-electron chi connectivity index (χ4n) is 1.83. The van der Waals surface area contributed by atoms with Gasteiger partial charge in [0.1, 0.15) is 6.67 Å². The van der Waals surface area contributed by atoms with Gasteiger partial charge in [0.15, 0.2) is 11.6 Å². The second-order valence-corrected chi connectivity index (χ2v) is 4.30. The number of hydrogen-bond acceptors (Lipinski definition) is 2. The summed E-state index contributed by atoms with van der Waals surface area (Å²) in [6.45, 7) is -0.716. The first-order valence-electron chi connectivity index (χ1n) is 5.21. The van der Waals surface area contributed by atoms with Crippen molar-refractivity contribution in [1.29, 1.82) is 0 Å². The van der Waals surface area contributed by atoms with Crippen LogP contribution in [0.2, 0.25) is 0 Å². The molecule has 1 N–H and O–H groups in total. The molecule has 1 aliphatic carbocycles. The summed E-state index contributed by atoms with van der Waals surface area (Å²) in [6.07, 6.45) is 1.73. The molecule has 0 amide bonds. The summed E-state index contributed by atoms with van der Waals surface area (Å²) in [5.41, 5.74) is 0.0713. The van der Waals surface area contributed by atoms with Crippen molar-refractivity contribution in [3.63, 3.8) is 0 Å². The first-order valence-corrected chi connectivity index (χ1v) is 5.21. The number of rotatable bonds is 4. The molecule has 0 atom stereocenters. The number of alkyl halides is 1. The average molecular weight is 228 g/mol. The Bertz CT molecular complexity index is 400. The Kier molecular flexibility index (Phi) is 2.84. The minimum Gasteiger partial charge on any atom is -0.493 e. The topological polar surface area (TPSA) is 29.5 Å². The number of benzene rings is 1. The van der Waals surface area contributed by atoms with Gasteiger partial charge in [0.2, 0.25) is 0 Å². The number of ether oxygens (including phenoxy) is 1. The number of methoxy groups -OCH3 is 1. The molecular formula is C12H14F2O2. The summed E-state index contributed by atoms with van der Waals surface area (Å²) >= 11 is 0. The monoisotopic (exact) mass is 228 g/mol. The van der Waals surface area contributed by atoms with Crippen LogP contribution in [-0.2, 0) is 13.1 Å². The first-order chi connectivity index (χ1) is 7.58. The van der Waals surface area contributed by atoms with E-state index < -0.39 is 18.1 Å². The van der Waals surface area contributed by atoms with Gasteiger partial charge in [-0.2, -0.15) is 0 Å². The van der Waals surface area contributed by atoms with E-state index in [9.17, 15) is 13.9 Å². The van der Waals surface area contributed by atoms with Crippen molar-refractivity contribution in [3.05, 3.63) is 29.1 Å². The highest BCUT2D eigenvalue weighted by Crippen LogP contribution is 2.40. The lowest BCUT2D eigenvalue weighted by molar-refractivity contribution is 0.149. The number of aliphatic hydroxyl groups is 1. The second kappa shape index (κ2) is 4.01. The van der Waals surface area contributed by atoms with Gasteiger partial charge in [0.25, 0.3) is 0 Å². The predicted octanol–water partition coefficient (Wildman–Crippen LogP) is 2.37. The van der Waals surface area contributed by atoms with Crippen LogP contribution in [0.15, 0.2) is 12.1 Å². The Morgan fingerprint density at radius 1 is 1.44 bits per heavy atom. The van der Waals surface area contributed by atoms with E-state index >= 15 is 0 Å². The number of halogens is 2. The molecule has 0 spiro atoms.